The predicted molar refractivity (Wildman–Crippen MR) is 112 cm³/mol. The third-order valence-corrected chi connectivity index (χ3v) is 4.37. The van der Waals surface area contributed by atoms with Crippen molar-refractivity contribution in [3.8, 4) is 6.07 Å². The summed E-state index contributed by atoms with van der Waals surface area (Å²) in [5, 5.41) is 22.3. The van der Waals surface area contributed by atoms with Gasteiger partial charge in [-0.1, -0.05) is 11.6 Å². The van der Waals surface area contributed by atoms with E-state index in [1.165, 1.54) is 19.1 Å². The molecule has 1 N–H and O–H groups in total. The van der Waals surface area contributed by atoms with Crippen molar-refractivity contribution in [2.45, 2.75) is 13.3 Å². The molecule has 156 valence electrons. The number of ether oxygens (including phenoxy) is 1. The minimum Gasteiger partial charge on any atom is -0.464 e. The number of carbonyl (C=O) groups excluding carboxylic acids is 2. The first-order chi connectivity index (χ1) is 14.3. The molecule has 0 fully saturated rings. The molecule has 2 aromatic carbocycles. The summed E-state index contributed by atoms with van der Waals surface area (Å²) in [6.07, 6.45) is 0.303. The van der Waals surface area contributed by atoms with Gasteiger partial charge < -0.3 is 15.0 Å². The maximum absolute atomic E-state index is 12.4. The summed E-state index contributed by atoms with van der Waals surface area (Å²) < 4.78 is 4.96. The second kappa shape index (κ2) is 10.8. The molecule has 9 nitrogen and oxygen atoms in total. The van der Waals surface area contributed by atoms with Crippen molar-refractivity contribution in [2.75, 3.05) is 29.9 Å². The summed E-state index contributed by atoms with van der Waals surface area (Å²) >= 11 is 5.99. The van der Waals surface area contributed by atoms with E-state index >= 15 is 0 Å². The number of hydrogen-bond donors (Lipinski definition) is 1. The topological polar surface area (TPSA) is 126 Å². The van der Waals surface area contributed by atoms with Crippen LogP contribution >= 0.6 is 11.6 Å². The quantitative estimate of drug-likeness (QED) is 0.364. The number of nitrogens with one attached hydrogen (secondary N) is 1. The van der Waals surface area contributed by atoms with Gasteiger partial charge in [-0.15, -0.1) is 0 Å². The Morgan fingerprint density at radius 1 is 1.23 bits per heavy atom. The maximum Gasteiger partial charge on any atom is 0.302 e. The van der Waals surface area contributed by atoms with E-state index in [2.05, 4.69) is 11.4 Å². The Labute approximate surface area is 178 Å². The van der Waals surface area contributed by atoms with E-state index in [0.717, 1.165) is 11.8 Å². The van der Waals surface area contributed by atoms with Gasteiger partial charge in [0.15, 0.2) is 0 Å². The Balaban J connectivity index is 2.08. The van der Waals surface area contributed by atoms with Crippen LogP contribution in [0.3, 0.4) is 0 Å². The molecule has 0 saturated heterocycles. The lowest BCUT2D eigenvalue weighted by molar-refractivity contribution is -0.384. The van der Waals surface area contributed by atoms with Crippen LogP contribution in [0.4, 0.5) is 17.1 Å². The normalized spacial score (nSPS) is 10.0. The number of benzene rings is 2. The molecule has 0 saturated carbocycles. The molecule has 0 aliphatic rings. The number of halogens is 1. The average Bonchev–Trinajstić information content (AvgIpc) is 2.70. The van der Waals surface area contributed by atoms with Crippen molar-refractivity contribution in [2.24, 2.45) is 0 Å². The molecule has 2 rings (SSSR count). The number of hydrogen-bond acceptors (Lipinski definition) is 7. The molecule has 0 aromatic heterocycles. The van der Waals surface area contributed by atoms with Gasteiger partial charge >= 0.3 is 5.97 Å². The predicted octanol–water partition coefficient (Wildman–Crippen LogP) is 3.78. The van der Waals surface area contributed by atoms with Crippen LogP contribution < -0.4 is 10.2 Å². The highest BCUT2D eigenvalue weighted by Crippen LogP contribution is 2.24. The van der Waals surface area contributed by atoms with E-state index in [1.54, 1.807) is 24.3 Å². The fraction of sp³-hybridized carbons (Fsp3) is 0.250. The molecule has 0 radical (unpaired) electrons. The van der Waals surface area contributed by atoms with Gasteiger partial charge in [0.1, 0.15) is 6.61 Å². The summed E-state index contributed by atoms with van der Waals surface area (Å²) in [6, 6.07) is 12.6. The SMILES string of the molecule is CC(=O)OCCN(CCC#N)c1ccc(NC(=O)c2ccc([N+](=O)[O-])cc2Cl)cc1. The highest BCUT2D eigenvalue weighted by Gasteiger charge is 2.15. The highest BCUT2D eigenvalue weighted by atomic mass is 35.5. The molecule has 0 aliphatic heterocycles. The van der Waals surface area contributed by atoms with Crippen molar-refractivity contribution >= 4 is 40.5 Å². The van der Waals surface area contributed by atoms with Crippen LogP contribution in [0.1, 0.15) is 23.7 Å². The number of anilines is 2. The minimum absolute atomic E-state index is 0.0218. The van der Waals surface area contributed by atoms with E-state index in [0.29, 0.717) is 25.2 Å². The van der Waals surface area contributed by atoms with Crippen molar-refractivity contribution in [1.29, 1.82) is 5.26 Å². The van der Waals surface area contributed by atoms with Gasteiger partial charge in [-0.25, -0.2) is 0 Å². The van der Waals surface area contributed by atoms with Crippen LogP contribution in [0.15, 0.2) is 42.5 Å². The van der Waals surface area contributed by atoms with E-state index in [-0.39, 0.29) is 28.8 Å². The van der Waals surface area contributed by atoms with Crippen LogP contribution in [-0.4, -0.2) is 36.5 Å². The molecule has 0 bridgehead atoms. The third-order valence-electron chi connectivity index (χ3n) is 4.06. The minimum atomic E-state index is -0.591. The number of nitriles is 1. The van der Waals surface area contributed by atoms with Gasteiger partial charge in [0.05, 0.1) is 34.5 Å². The van der Waals surface area contributed by atoms with Crippen LogP contribution in [-0.2, 0) is 9.53 Å². The summed E-state index contributed by atoms with van der Waals surface area (Å²) in [6.45, 7) is 2.40. The summed E-state index contributed by atoms with van der Waals surface area (Å²) in [5.74, 6) is -0.878. The smallest absolute Gasteiger partial charge is 0.302 e. The number of amides is 1. The summed E-state index contributed by atoms with van der Waals surface area (Å²) in [4.78, 5) is 35.4. The first-order valence-corrected chi connectivity index (χ1v) is 9.30. The number of nitro groups is 1. The van der Waals surface area contributed by atoms with E-state index in [4.69, 9.17) is 21.6 Å². The van der Waals surface area contributed by atoms with E-state index < -0.39 is 10.8 Å². The average molecular weight is 431 g/mol. The molecule has 0 heterocycles. The molecule has 1 amide bonds. The molecule has 0 spiro atoms. The summed E-state index contributed by atoms with van der Waals surface area (Å²) in [7, 11) is 0. The van der Waals surface area contributed by atoms with Crippen molar-refractivity contribution in [1.82, 2.24) is 0 Å². The molecular weight excluding hydrogens is 412 g/mol. The Hall–Kier alpha value is -3.64. The number of non-ortho nitro benzene ring substituents is 1. The number of carbonyl (C=O) groups is 2. The molecule has 0 unspecified atom stereocenters. The van der Waals surface area contributed by atoms with Gasteiger partial charge in [-0.2, -0.15) is 5.26 Å². The molecule has 2 aromatic rings. The zero-order valence-electron chi connectivity index (χ0n) is 16.1. The second-order valence-electron chi connectivity index (χ2n) is 6.16. The zero-order chi connectivity index (χ0) is 22.1. The molecule has 0 aliphatic carbocycles. The second-order valence-corrected chi connectivity index (χ2v) is 6.56. The third kappa shape index (κ3) is 6.46. The van der Waals surface area contributed by atoms with Gasteiger partial charge in [0.25, 0.3) is 11.6 Å². The molecule has 0 atom stereocenters. The molecular formula is C20H19ClN4O5. The molecule has 30 heavy (non-hydrogen) atoms. The van der Waals surface area contributed by atoms with Gasteiger partial charge in [-0.3, -0.25) is 19.7 Å². The van der Waals surface area contributed by atoms with Crippen LogP contribution in [0, 0.1) is 21.4 Å². The van der Waals surface area contributed by atoms with Gasteiger partial charge in [0.2, 0.25) is 0 Å². The van der Waals surface area contributed by atoms with Crippen molar-refractivity contribution in [3.63, 3.8) is 0 Å². The van der Waals surface area contributed by atoms with Gasteiger partial charge in [-0.05, 0) is 30.3 Å². The lowest BCUT2D eigenvalue weighted by Crippen LogP contribution is -2.29. The van der Waals surface area contributed by atoms with Crippen molar-refractivity contribution < 1.29 is 19.2 Å². The number of rotatable bonds is 9. The first kappa shape index (κ1) is 22.6. The van der Waals surface area contributed by atoms with Crippen LogP contribution in [0.25, 0.3) is 0 Å². The first-order valence-electron chi connectivity index (χ1n) is 8.92. The van der Waals surface area contributed by atoms with Crippen molar-refractivity contribution in [3.05, 3.63) is 63.2 Å². The largest absolute Gasteiger partial charge is 0.464 e. The maximum atomic E-state index is 12.4. The fourth-order valence-corrected chi connectivity index (χ4v) is 2.87. The highest BCUT2D eigenvalue weighted by molar-refractivity contribution is 6.34. The Morgan fingerprint density at radius 3 is 2.50 bits per heavy atom. The lowest BCUT2D eigenvalue weighted by atomic mass is 10.2. The Morgan fingerprint density at radius 2 is 1.93 bits per heavy atom. The lowest BCUT2D eigenvalue weighted by Gasteiger charge is -2.23. The molecule has 10 heteroatoms. The summed E-state index contributed by atoms with van der Waals surface area (Å²) in [5.41, 5.74) is 1.21. The number of nitro benzene ring substituents is 1. The Kier molecular flexibility index (Phi) is 8.14. The Bertz CT molecular complexity index is 972. The fourth-order valence-electron chi connectivity index (χ4n) is 2.61. The number of nitrogens with zero attached hydrogens (tertiary/aromatic N) is 3. The monoisotopic (exact) mass is 430 g/mol. The standard InChI is InChI=1S/C20H19ClN4O5/c1-14(26)30-12-11-24(10-2-9-22)16-5-3-15(4-6-16)23-20(27)18-8-7-17(25(28)29)13-19(18)21/h3-8,13H,2,10-12H2,1H3,(H,23,27). The van der Waals surface area contributed by atoms with E-state index in [9.17, 15) is 19.7 Å². The van der Waals surface area contributed by atoms with Crippen LogP contribution in [0.2, 0.25) is 5.02 Å². The van der Waals surface area contributed by atoms with Gasteiger partial charge in [0, 0.05) is 37.0 Å². The zero-order valence-corrected chi connectivity index (χ0v) is 16.9. The van der Waals surface area contributed by atoms with E-state index in [1.807, 2.05) is 4.90 Å². The van der Waals surface area contributed by atoms with Crippen LogP contribution in [0.5, 0.6) is 0 Å². The number of esters is 1.